The highest BCUT2D eigenvalue weighted by molar-refractivity contribution is 7.10. The molecule has 2 rings (SSSR count). The summed E-state index contributed by atoms with van der Waals surface area (Å²) in [6, 6.07) is 10.5. The van der Waals surface area contributed by atoms with Crippen molar-refractivity contribution in [2.24, 2.45) is 5.41 Å². The molecule has 3 nitrogen and oxygen atoms in total. The van der Waals surface area contributed by atoms with Crippen molar-refractivity contribution in [3.8, 4) is 0 Å². The Balaban J connectivity index is 2.23. The predicted octanol–water partition coefficient (Wildman–Crippen LogP) is 4.54. The highest BCUT2D eigenvalue weighted by Gasteiger charge is 2.22. The summed E-state index contributed by atoms with van der Waals surface area (Å²) < 4.78 is 0. The van der Waals surface area contributed by atoms with Gasteiger partial charge >= 0.3 is 0 Å². The van der Waals surface area contributed by atoms with E-state index in [1.807, 2.05) is 46.0 Å². The van der Waals surface area contributed by atoms with Crippen LogP contribution < -0.4 is 10.6 Å². The van der Waals surface area contributed by atoms with Crippen LogP contribution >= 0.6 is 11.3 Å². The molecule has 2 N–H and O–H groups in total. The number of carbonyl (C=O) groups excluding carboxylic acids is 1. The first-order valence-electron chi connectivity index (χ1n) is 7.93. The van der Waals surface area contributed by atoms with Gasteiger partial charge in [0.25, 0.3) is 0 Å². The van der Waals surface area contributed by atoms with Crippen LogP contribution in [-0.4, -0.2) is 13.0 Å². The fraction of sp³-hybridized carbons (Fsp3) is 0.421. The maximum atomic E-state index is 12.3. The van der Waals surface area contributed by atoms with Gasteiger partial charge in [0.2, 0.25) is 5.91 Å². The largest absolute Gasteiger partial charge is 0.325 e. The molecule has 1 amide bonds. The van der Waals surface area contributed by atoms with Gasteiger partial charge in [-0.2, -0.15) is 0 Å². The van der Waals surface area contributed by atoms with Gasteiger partial charge in [-0.25, -0.2) is 0 Å². The quantitative estimate of drug-likeness (QED) is 0.845. The number of amides is 1. The van der Waals surface area contributed by atoms with Crippen molar-refractivity contribution in [2.75, 3.05) is 12.4 Å². The third-order valence-corrected chi connectivity index (χ3v) is 5.07. The molecule has 0 aliphatic heterocycles. The Morgan fingerprint density at radius 2 is 1.91 bits per heavy atom. The van der Waals surface area contributed by atoms with Crippen LogP contribution in [0.3, 0.4) is 0 Å². The molecule has 124 valence electrons. The Morgan fingerprint density at radius 1 is 1.22 bits per heavy atom. The van der Waals surface area contributed by atoms with E-state index in [0.29, 0.717) is 0 Å². The van der Waals surface area contributed by atoms with Crippen molar-refractivity contribution in [2.45, 2.75) is 40.2 Å². The molecule has 0 aliphatic carbocycles. The van der Waals surface area contributed by atoms with Crippen LogP contribution in [0.4, 0.5) is 5.69 Å². The highest BCUT2D eigenvalue weighted by Crippen LogP contribution is 2.29. The first kappa shape index (κ1) is 17.7. The Bertz CT molecular complexity index is 670. The third-order valence-electron chi connectivity index (χ3n) is 3.94. The van der Waals surface area contributed by atoms with Crippen molar-refractivity contribution < 1.29 is 4.79 Å². The standard InChI is InChI=1S/C19H26N2OS/c1-13-10-11-23-17(13)16(20-5)12-14-8-6-7-9-15(14)21-18(22)19(2,3)4/h6-11,16,20H,12H2,1-5H3,(H,21,22). The number of benzene rings is 1. The lowest BCUT2D eigenvalue weighted by Crippen LogP contribution is -2.28. The Kier molecular flexibility index (Phi) is 5.60. The number of nitrogens with one attached hydrogen (secondary N) is 2. The Hall–Kier alpha value is -1.65. The average molecular weight is 330 g/mol. The van der Waals surface area contributed by atoms with Crippen molar-refractivity contribution in [1.82, 2.24) is 5.32 Å². The maximum Gasteiger partial charge on any atom is 0.229 e. The van der Waals surface area contributed by atoms with Crippen molar-refractivity contribution >= 4 is 22.9 Å². The number of thiophene rings is 1. The number of para-hydroxylation sites is 1. The molecule has 2 aromatic rings. The zero-order valence-electron chi connectivity index (χ0n) is 14.6. The molecular weight excluding hydrogens is 304 g/mol. The van der Waals surface area contributed by atoms with Crippen LogP contribution in [0.1, 0.15) is 42.8 Å². The van der Waals surface area contributed by atoms with E-state index in [0.717, 1.165) is 17.7 Å². The summed E-state index contributed by atoms with van der Waals surface area (Å²) in [5, 5.41) is 8.61. The minimum Gasteiger partial charge on any atom is -0.325 e. The molecule has 1 atom stereocenters. The lowest BCUT2D eigenvalue weighted by Gasteiger charge is -2.21. The van der Waals surface area contributed by atoms with Crippen LogP contribution in [0, 0.1) is 12.3 Å². The van der Waals surface area contributed by atoms with Gasteiger partial charge in [0.15, 0.2) is 0 Å². The molecule has 4 heteroatoms. The second-order valence-electron chi connectivity index (χ2n) is 6.87. The summed E-state index contributed by atoms with van der Waals surface area (Å²) in [7, 11) is 1.99. The maximum absolute atomic E-state index is 12.3. The van der Waals surface area contributed by atoms with Crippen LogP contribution in [0.2, 0.25) is 0 Å². The fourth-order valence-electron chi connectivity index (χ4n) is 2.42. The summed E-state index contributed by atoms with van der Waals surface area (Å²) in [6.07, 6.45) is 0.846. The molecule has 23 heavy (non-hydrogen) atoms. The average Bonchev–Trinajstić information content (AvgIpc) is 2.91. The van der Waals surface area contributed by atoms with Crippen LogP contribution in [-0.2, 0) is 11.2 Å². The van der Waals surface area contributed by atoms with Gasteiger partial charge in [-0.05, 0) is 49.0 Å². The van der Waals surface area contributed by atoms with E-state index in [2.05, 4.69) is 35.1 Å². The Labute approximate surface area is 143 Å². The molecule has 0 radical (unpaired) electrons. The molecule has 0 saturated carbocycles. The SMILES string of the molecule is CNC(Cc1ccccc1NC(=O)C(C)(C)C)c1sccc1C. The molecule has 1 aromatic heterocycles. The van der Waals surface area contributed by atoms with Crippen LogP contribution in [0.5, 0.6) is 0 Å². The molecule has 0 aliphatic rings. The first-order valence-corrected chi connectivity index (χ1v) is 8.81. The van der Waals surface area contributed by atoms with E-state index in [1.54, 1.807) is 11.3 Å². The lowest BCUT2D eigenvalue weighted by atomic mass is 9.95. The second-order valence-corrected chi connectivity index (χ2v) is 7.82. The monoisotopic (exact) mass is 330 g/mol. The van der Waals surface area contributed by atoms with E-state index in [1.165, 1.54) is 10.4 Å². The smallest absolute Gasteiger partial charge is 0.229 e. The van der Waals surface area contributed by atoms with Crippen LogP contribution in [0.15, 0.2) is 35.7 Å². The molecule has 1 unspecified atom stereocenters. The number of carbonyl (C=O) groups is 1. The van der Waals surface area contributed by atoms with Gasteiger partial charge in [-0.1, -0.05) is 39.0 Å². The molecule has 0 fully saturated rings. The number of hydrogen-bond acceptors (Lipinski definition) is 3. The fourth-order valence-corrected chi connectivity index (χ4v) is 3.46. The first-order chi connectivity index (χ1) is 10.8. The normalized spacial score (nSPS) is 12.9. The van der Waals surface area contributed by atoms with Crippen LogP contribution in [0.25, 0.3) is 0 Å². The molecule has 0 bridgehead atoms. The zero-order chi connectivity index (χ0) is 17.0. The summed E-state index contributed by atoms with van der Waals surface area (Å²) in [6.45, 7) is 7.92. The Morgan fingerprint density at radius 3 is 2.48 bits per heavy atom. The summed E-state index contributed by atoms with van der Waals surface area (Å²) in [4.78, 5) is 13.7. The minimum atomic E-state index is -0.403. The second kappa shape index (κ2) is 7.28. The number of anilines is 1. The number of rotatable bonds is 5. The van der Waals surface area contributed by atoms with E-state index < -0.39 is 5.41 Å². The number of likely N-dealkylation sites (N-methyl/N-ethyl adjacent to an activating group) is 1. The highest BCUT2D eigenvalue weighted by atomic mass is 32.1. The third kappa shape index (κ3) is 4.43. The summed E-state index contributed by atoms with van der Waals surface area (Å²) in [5.74, 6) is 0.0401. The molecule has 0 saturated heterocycles. The van der Waals surface area contributed by atoms with Gasteiger partial charge in [0, 0.05) is 22.0 Å². The van der Waals surface area contributed by atoms with Crippen molar-refractivity contribution in [1.29, 1.82) is 0 Å². The van der Waals surface area contributed by atoms with Gasteiger partial charge in [-0.15, -0.1) is 11.3 Å². The van der Waals surface area contributed by atoms with Crippen molar-refractivity contribution in [3.63, 3.8) is 0 Å². The number of aryl methyl sites for hydroxylation is 1. The van der Waals surface area contributed by atoms with E-state index in [-0.39, 0.29) is 11.9 Å². The summed E-state index contributed by atoms with van der Waals surface area (Å²) in [5.41, 5.74) is 2.96. The number of hydrogen-bond donors (Lipinski definition) is 2. The van der Waals surface area contributed by atoms with Gasteiger partial charge < -0.3 is 10.6 Å². The van der Waals surface area contributed by atoms with E-state index in [9.17, 15) is 4.79 Å². The lowest BCUT2D eigenvalue weighted by molar-refractivity contribution is -0.123. The van der Waals surface area contributed by atoms with Gasteiger partial charge in [-0.3, -0.25) is 4.79 Å². The molecule has 0 spiro atoms. The molecular formula is C19H26N2OS. The van der Waals surface area contributed by atoms with Gasteiger partial charge in [0.1, 0.15) is 0 Å². The summed E-state index contributed by atoms with van der Waals surface area (Å²) >= 11 is 1.78. The van der Waals surface area contributed by atoms with Gasteiger partial charge in [0.05, 0.1) is 0 Å². The molecule has 1 heterocycles. The van der Waals surface area contributed by atoms with E-state index in [4.69, 9.17) is 0 Å². The van der Waals surface area contributed by atoms with E-state index >= 15 is 0 Å². The topological polar surface area (TPSA) is 41.1 Å². The molecule has 1 aromatic carbocycles. The zero-order valence-corrected chi connectivity index (χ0v) is 15.4. The van der Waals surface area contributed by atoms with Crippen molar-refractivity contribution in [3.05, 3.63) is 51.7 Å². The predicted molar refractivity (Wildman–Crippen MR) is 99.1 cm³/mol. The minimum absolute atomic E-state index is 0.0401.